The van der Waals surface area contributed by atoms with Crippen molar-refractivity contribution < 1.29 is 24.0 Å². The van der Waals surface area contributed by atoms with Crippen molar-refractivity contribution in [3.05, 3.63) is 68.2 Å². The zero-order chi connectivity index (χ0) is 21.6. The Morgan fingerprint density at radius 3 is 2.55 bits per heavy atom. The van der Waals surface area contributed by atoms with E-state index in [0.717, 1.165) is 12.1 Å². The van der Waals surface area contributed by atoms with Crippen LogP contribution in [0.3, 0.4) is 0 Å². The fourth-order valence-electron chi connectivity index (χ4n) is 2.20. The van der Waals surface area contributed by atoms with Crippen LogP contribution in [0.15, 0.2) is 42.5 Å². The van der Waals surface area contributed by atoms with Crippen LogP contribution in [0.25, 0.3) is 6.08 Å². The van der Waals surface area contributed by atoms with Crippen molar-refractivity contribution in [1.29, 1.82) is 0 Å². The number of rotatable bonds is 7. The van der Waals surface area contributed by atoms with E-state index < -0.39 is 22.9 Å². The molecule has 1 N–H and O–H groups in total. The van der Waals surface area contributed by atoms with Crippen LogP contribution in [-0.4, -0.2) is 30.0 Å². The Bertz CT molecular complexity index is 977. The molecule has 0 heterocycles. The number of hydrogen-bond acceptors (Lipinski definition) is 6. The van der Waals surface area contributed by atoms with Crippen LogP contribution < -0.4 is 10.1 Å². The molecule has 0 saturated heterocycles. The number of halogens is 2. The van der Waals surface area contributed by atoms with Crippen LogP contribution in [0.5, 0.6) is 5.75 Å². The van der Waals surface area contributed by atoms with Gasteiger partial charge in [-0.3, -0.25) is 14.9 Å². The highest BCUT2D eigenvalue weighted by atomic mass is 35.5. The summed E-state index contributed by atoms with van der Waals surface area (Å²) >= 11 is 11.8. The predicted molar refractivity (Wildman–Crippen MR) is 109 cm³/mol. The van der Waals surface area contributed by atoms with Crippen LogP contribution in [0, 0.1) is 10.1 Å². The van der Waals surface area contributed by atoms with Gasteiger partial charge in [-0.25, -0.2) is 4.79 Å². The third kappa shape index (κ3) is 6.20. The molecule has 2 rings (SSSR count). The van der Waals surface area contributed by atoms with Gasteiger partial charge in [-0.05, 0) is 36.8 Å². The number of carbonyl (C=O) groups is 2. The van der Waals surface area contributed by atoms with Gasteiger partial charge in [0, 0.05) is 28.3 Å². The molecule has 0 spiro atoms. The minimum atomic E-state index is -1.17. The summed E-state index contributed by atoms with van der Waals surface area (Å²) in [6.07, 6.45) is 1.37. The lowest BCUT2D eigenvalue weighted by Gasteiger charge is -2.14. The van der Waals surface area contributed by atoms with E-state index in [-0.39, 0.29) is 17.1 Å². The molecule has 0 fully saturated rings. The number of benzene rings is 2. The average molecular weight is 439 g/mol. The SMILES string of the molecule is COc1ccc([N+](=O)[O-])cc1NC(=O)C(C)OC(=O)/C=C/c1ccc(Cl)cc1Cl. The average Bonchev–Trinajstić information content (AvgIpc) is 2.67. The second kappa shape index (κ2) is 9.90. The molecule has 1 atom stereocenters. The summed E-state index contributed by atoms with van der Waals surface area (Å²) in [5, 5.41) is 14.2. The molecule has 29 heavy (non-hydrogen) atoms. The number of nitrogens with one attached hydrogen (secondary N) is 1. The van der Waals surface area contributed by atoms with Crippen molar-refractivity contribution in [2.45, 2.75) is 13.0 Å². The predicted octanol–water partition coefficient (Wildman–Crippen LogP) is 4.49. The van der Waals surface area contributed by atoms with Gasteiger partial charge in [0.25, 0.3) is 11.6 Å². The number of nitro groups is 1. The molecular formula is C19H16Cl2N2O6. The minimum absolute atomic E-state index is 0.0816. The highest BCUT2D eigenvalue weighted by Crippen LogP contribution is 2.29. The van der Waals surface area contributed by atoms with E-state index in [0.29, 0.717) is 15.6 Å². The Morgan fingerprint density at radius 1 is 1.21 bits per heavy atom. The maximum absolute atomic E-state index is 12.3. The molecule has 0 aromatic heterocycles. The topological polar surface area (TPSA) is 108 Å². The van der Waals surface area contributed by atoms with E-state index >= 15 is 0 Å². The Morgan fingerprint density at radius 2 is 1.93 bits per heavy atom. The first-order chi connectivity index (χ1) is 13.7. The van der Waals surface area contributed by atoms with Crippen LogP contribution in [0.1, 0.15) is 12.5 Å². The van der Waals surface area contributed by atoms with E-state index in [4.69, 9.17) is 32.7 Å². The van der Waals surface area contributed by atoms with Crippen molar-refractivity contribution in [2.75, 3.05) is 12.4 Å². The van der Waals surface area contributed by atoms with Gasteiger partial charge < -0.3 is 14.8 Å². The largest absolute Gasteiger partial charge is 0.495 e. The Balaban J connectivity index is 2.03. The number of anilines is 1. The van der Waals surface area contributed by atoms with E-state index in [2.05, 4.69) is 5.32 Å². The Kier molecular flexibility index (Phi) is 7.58. The van der Waals surface area contributed by atoms with Crippen molar-refractivity contribution in [3.8, 4) is 5.75 Å². The van der Waals surface area contributed by atoms with E-state index in [1.807, 2.05) is 0 Å². The lowest BCUT2D eigenvalue weighted by molar-refractivity contribution is -0.384. The smallest absolute Gasteiger partial charge is 0.331 e. The van der Waals surface area contributed by atoms with Gasteiger partial charge in [0.1, 0.15) is 5.75 Å². The van der Waals surface area contributed by atoms with Crippen LogP contribution >= 0.6 is 23.2 Å². The van der Waals surface area contributed by atoms with E-state index in [9.17, 15) is 19.7 Å². The van der Waals surface area contributed by atoms with Crippen molar-refractivity contribution in [2.24, 2.45) is 0 Å². The third-order valence-electron chi connectivity index (χ3n) is 3.68. The molecular weight excluding hydrogens is 423 g/mol. The zero-order valence-corrected chi connectivity index (χ0v) is 16.9. The maximum Gasteiger partial charge on any atom is 0.331 e. The number of hydrogen-bond donors (Lipinski definition) is 1. The number of ether oxygens (including phenoxy) is 2. The quantitative estimate of drug-likeness (QED) is 0.295. The molecule has 8 nitrogen and oxygen atoms in total. The van der Waals surface area contributed by atoms with Crippen LogP contribution in [-0.2, 0) is 14.3 Å². The molecule has 1 amide bonds. The molecule has 2 aromatic carbocycles. The van der Waals surface area contributed by atoms with Gasteiger partial charge in [-0.1, -0.05) is 29.3 Å². The lowest BCUT2D eigenvalue weighted by atomic mass is 10.2. The molecule has 0 aliphatic carbocycles. The summed E-state index contributed by atoms with van der Waals surface area (Å²) in [4.78, 5) is 34.5. The van der Waals surface area contributed by atoms with Gasteiger partial charge in [0.15, 0.2) is 6.10 Å². The molecule has 1 unspecified atom stereocenters. The summed E-state index contributed by atoms with van der Waals surface area (Å²) in [7, 11) is 1.35. The summed E-state index contributed by atoms with van der Waals surface area (Å²) in [5.41, 5.74) is 0.401. The number of nitro benzene ring substituents is 1. The number of non-ortho nitro benzene ring substituents is 1. The number of nitrogens with zero attached hydrogens (tertiary/aromatic N) is 1. The normalized spacial score (nSPS) is 11.7. The monoisotopic (exact) mass is 438 g/mol. The van der Waals surface area contributed by atoms with Crippen molar-refractivity contribution >= 4 is 52.5 Å². The maximum atomic E-state index is 12.3. The van der Waals surface area contributed by atoms with Gasteiger partial charge in [0.2, 0.25) is 0 Å². The molecule has 0 aliphatic heterocycles. The summed E-state index contributed by atoms with van der Waals surface area (Å²) in [6.45, 7) is 1.36. The first kappa shape index (κ1) is 22.2. The summed E-state index contributed by atoms with van der Waals surface area (Å²) in [5.74, 6) is -1.24. The van der Waals surface area contributed by atoms with Crippen molar-refractivity contribution in [1.82, 2.24) is 0 Å². The number of carbonyl (C=O) groups excluding carboxylic acids is 2. The number of amides is 1. The highest BCUT2D eigenvalue weighted by molar-refractivity contribution is 6.35. The Hall–Kier alpha value is -3.10. The molecule has 0 radical (unpaired) electrons. The first-order valence-electron chi connectivity index (χ1n) is 8.18. The third-order valence-corrected chi connectivity index (χ3v) is 4.24. The second-order valence-corrected chi connectivity index (χ2v) is 6.55. The van der Waals surface area contributed by atoms with Gasteiger partial charge in [-0.15, -0.1) is 0 Å². The van der Waals surface area contributed by atoms with Gasteiger partial charge in [0.05, 0.1) is 17.7 Å². The minimum Gasteiger partial charge on any atom is -0.495 e. The van der Waals surface area contributed by atoms with E-state index in [1.165, 1.54) is 38.3 Å². The highest BCUT2D eigenvalue weighted by Gasteiger charge is 2.20. The molecule has 2 aromatic rings. The standard InChI is InChI=1S/C19H16Cl2N2O6/c1-11(29-18(24)8-4-12-3-5-13(20)9-15(12)21)19(25)22-16-10-14(23(26)27)6-7-17(16)28-2/h3-11H,1-2H3,(H,22,25)/b8-4+. The van der Waals surface area contributed by atoms with Crippen LogP contribution in [0.4, 0.5) is 11.4 Å². The molecule has 0 saturated carbocycles. The number of esters is 1. The summed E-state index contributed by atoms with van der Waals surface area (Å²) < 4.78 is 10.1. The lowest BCUT2D eigenvalue weighted by Crippen LogP contribution is -2.29. The molecule has 0 aliphatic rings. The second-order valence-electron chi connectivity index (χ2n) is 5.71. The number of methoxy groups -OCH3 is 1. The molecule has 152 valence electrons. The van der Waals surface area contributed by atoms with Crippen LogP contribution in [0.2, 0.25) is 10.0 Å². The molecule has 0 bridgehead atoms. The van der Waals surface area contributed by atoms with E-state index in [1.54, 1.807) is 12.1 Å². The Labute approximate surface area is 176 Å². The molecule has 10 heteroatoms. The fourth-order valence-corrected chi connectivity index (χ4v) is 2.67. The summed E-state index contributed by atoms with van der Waals surface area (Å²) in [6, 6.07) is 8.50. The first-order valence-corrected chi connectivity index (χ1v) is 8.94. The van der Waals surface area contributed by atoms with Gasteiger partial charge >= 0.3 is 5.97 Å². The zero-order valence-electron chi connectivity index (χ0n) is 15.3. The fraction of sp³-hybridized carbons (Fsp3) is 0.158. The van der Waals surface area contributed by atoms with Crippen molar-refractivity contribution in [3.63, 3.8) is 0 Å². The van der Waals surface area contributed by atoms with Gasteiger partial charge in [-0.2, -0.15) is 0 Å².